The number of ether oxygens (including phenoxy) is 1. The van der Waals surface area contributed by atoms with Crippen LogP contribution in [0.2, 0.25) is 5.02 Å². The number of hydrogen-bond donors (Lipinski definition) is 3. The van der Waals surface area contributed by atoms with E-state index in [1.165, 1.54) is 6.20 Å². The van der Waals surface area contributed by atoms with E-state index in [9.17, 15) is 4.79 Å². The molecule has 6 nitrogen and oxygen atoms in total. The van der Waals surface area contributed by atoms with Crippen molar-refractivity contribution in [2.45, 2.75) is 32.4 Å². The van der Waals surface area contributed by atoms with E-state index in [4.69, 9.17) is 22.2 Å². The second-order valence-electron chi connectivity index (χ2n) is 5.51. The molecule has 0 saturated heterocycles. The van der Waals surface area contributed by atoms with Gasteiger partial charge in [0.2, 0.25) is 0 Å². The van der Waals surface area contributed by atoms with Crippen molar-refractivity contribution in [3.63, 3.8) is 0 Å². The molecule has 0 bridgehead atoms. The van der Waals surface area contributed by atoms with Crippen LogP contribution in [0, 0.1) is 5.41 Å². The highest BCUT2D eigenvalue weighted by atomic mass is 35.5. The molecule has 2 rings (SSSR count). The lowest BCUT2D eigenvalue weighted by Gasteiger charge is -2.51. The maximum absolute atomic E-state index is 12.2. The number of carbonyl (C=O) groups excluding carboxylic acids is 1. The van der Waals surface area contributed by atoms with Crippen LogP contribution in [-0.2, 0) is 4.74 Å². The van der Waals surface area contributed by atoms with Crippen LogP contribution < -0.4 is 16.6 Å². The molecule has 2 unspecified atom stereocenters. The molecule has 1 aliphatic rings. The van der Waals surface area contributed by atoms with Gasteiger partial charge in [-0.05, 0) is 12.5 Å². The SMILES string of the molecule is COC1CC(NC(=O)c2cnc(NN)c(Cl)c2)C1(C)C. The Labute approximate surface area is 123 Å². The summed E-state index contributed by atoms with van der Waals surface area (Å²) in [7, 11) is 1.69. The van der Waals surface area contributed by atoms with Crippen molar-refractivity contribution in [1.82, 2.24) is 10.3 Å². The minimum absolute atomic E-state index is 0.0750. The Morgan fingerprint density at radius 3 is 2.80 bits per heavy atom. The van der Waals surface area contributed by atoms with Crippen LogP contribution in [0.25, 0.3) is 0 Å². The lowest BCUT2D eigenvalue weighted by atomic mass is 9.64. The molecule has 1 saturated carbocycles. The van der Waals surface area contributed by atoms with Gasteiger partial charge in [0.1, 0.15) is 0 Å². The molecule has 1 amide bonds. The van der Waals surface area contributed by atoms with Crippen LogP contribution >= 0.6 is 11.6 Å². The number of nitrogen functional groups attached to an aromatic ring is 1. The summed E-state index contributed by atoms with van der Waals surface area (Å²) in [4.78, 5) is 16.2. The number of amides is 1. The van der Waals surface area contributed by atoms with E-state index in [0.29, 0.717) is 16.4 Å². The summed E-state index contributed by atoms with van der Waals surface area (Å²) in [6.45, 7) is 4.14. The van der Waals surface area contributed by atoms with E-state index in [0.717, 1.165) is 6.42 Å². The van der Waals surface area contributed by atoms with Gasteiger partial charge in [-0.3, -0.25) is 4.79 Å². The van der Waals surface area contributed by atoms with Crippen molar-refractivity contribution in [3.8, 4) is 0 Å². The Bertz CT molecular complexity index is 521. The second-order valence-corrected chi connectivity index (χ2v) is 5.91. The second kappa shape index (κ2) is 5.55. The van der Waals surface area contributed by atoms with E-state index in [1.54, 1.807) is 13.2 Å². The first kappa shape index (κ1) is 15.0. The van der Waals surface area contributed by atoms with Gasteiger partial charge in [-0.25, -0.2) is 10.8 Å². The third-order valence-corrected chi connectivity index (χ3v) is 4.30. The number of nitrogens with zero attached hydrogens (tertiary/aromatic N) is 1. The number of hydrogen-bond acceptors (Lipinski definition) is 5. The van der Waals surface area contributed by atoms with Gasteiger partial charge < -0.3 is 15.5 Å². The lowest BCUT2D eigenvalue weighted by Crippen LogP contribution is -2.61. The Morgan fingerprint density at radius 1 is 1.60 bits per heavy atom. The van der Waals surface area contributed by atoms with Crippen molar-refractivity contribution in [2.24, 2.45) is 11.3 Å². The van der Waals surface area contributed by atoms with Crippen molar-refractivity contribution >= 4 is 23.3 Å². The minimum Gasteiger partial charge on any atom is -0.381 e. The van der Waals surface area contributed by atoms with E-state index >= 15 is 0 Å². The molecule has 1 fully saturated rings. The van der Waals surface area contributed by atoms with Crippen LogP contribution in [0.5, 0.6) is 0 Å². The molecule has 1 aromatic heterocycles. The Kier molecular flexibility index (Phi) is 4.17. The zero-order chi connectivity index (χ0) is 14.9. The number of halogens is 1. The van der Waals surface area contributed by atoms with Gasteiger partial charge in [0, 0.05) is 24.8 Å². The number of pyridine rings is 1. The first-order valence-electron chi connectivity index (χ1n) is 6.36. The topological polar surface area (TPSA) is 89.3 Å². The lowest BCUT2D eigenvalue weighted by molar-refractivity contribution is -0.0942. The van der Waals surface area contributed by atoms with E-state index in [-0.39, 0.29) is 23.5 Å². The molecule has 110 valence electrons. The fourth-order valence-electron chi connectivity index (χ4n) is 2.44. The highest BCUT2D eigenvalue weighted by Gasteiger charge is 2.49. The molecule has 1 aromatic rings. The molecular weight excluding hydrogens is 280 g/mol. The van der Waals surface area contributed by atoms with Crippen molar-refractivity contribution < 1.29 is 9.53 Å². The number of nitrogens with one attached hydrogen (secondary N) is 2. The minimum atomic E-state index is -0.199. The first-order chi connectivity index (χ1) is 9.40. The van der Waals surface area contributed by atoms with Crippen molar-refractivity contribution in [1.29, 1.82) is 0 Å². The van der Waals surface area contributed by atoms with Gasteiger partial charge >= 0.3 is 0 Å². The molecule has 4 N–H and O–H groups in total. The molecule has 2 atom stereocenters. The maximum atomic E-state index is 12.2. The van der Waals surface area contributed by atoms with Crippen molar-refractivity contribution in [2.75, 3.05) is 12.5 Å². The molecule has 1 heterocycles. The van der Waals surface area contributed by atoms with Gasteiger partial charge in [-0.2, -0.15) is 0 Å². The van der Waals surface area contributed by atoms with Gasteiger partial charge in [-0.15, -0.1) is 0 Å². The van der Waals surface area contributed by atoms with Crippen LogP contribution in [0.1, 0.15) is 30.6 Å². The molecule has 1 aliphatic carbocycles. The number of aromatic nitrogens is 1. The normalized spacial score (nSPS) is 23.9. The number of nitrogens with two attached hydrogens (primary N) is 1. The highest BCUT2D eigenvalue weighted by Crippen LogP contribution is 2.42. The van der Waals surface area contributed by atoms with Crippen LogP contribution in [0.4, 0.5) is 5.82 Å². The number of anilines is 1. The summed E-state index contributed by atoms with van der Waals surface area (Å²) in [5, 5.41) is 3.29. The number of methoxy groups -OCH3 is 1. The van der Waals surface area contributed by atoms with Gasteiger partial charge in [0.15, 0.2) is 5.82 Å². The molecule has 0 spiro atoms. The largest absolute Gasteiger partial charge is 0.381 e. The predicted octanol–water partition coefficient (Wildman–Crippen LogP) is 1.56. The maximum Gasteiger partial charge on any atom is 0.253 e. The molecular formula is C13H19ClN4O2. The Balaban J connectivity index is 2.05. The van der Waals surface area contributed by atoms with Crippen LogP contribution in [0.3, 0.4) is 0 Å². The standard InChI is InChI=1S/C13H19ClN4O2/c1-13(2)9(5-10(13)20-3)17-12(19)7-4-8(14)11(18-15)16-6-7/h4,6,9-10H,5,15H2,1-3H3,(H,16,18)(H,17,19). The van der Waals surface area contributed by atoms with Crippen LogP contribution in [-0.4, -0.2) is 30.1 Å². The smallest absolute Gasteiger partial charge is 0.253 e. The average Bonchev–Trinajstić information content (AvgIpc) is 2.42. The number of hydrazine groups is 1. The molecule has 0 aliphatic heterocycles. The quantitative estimate of drug-likeness (QED) is 0.580. The molecule has 20 heavy (non-hydrogen) atoms. The summed E-state index contributed by atoms with van der Waals surface area (Å²) in [5.74, 6) is 5.38. The number of rotatable bonds is 4. The fraction of sp³-hybridized carbons (Fsp3) is 0.538. The van der Waals surface area contributed by atoms with Crippen LogP contribution in [0.15, 0.2) is 12.3 Å². The van der Waals surface area contributed by atoms with Gasteiger partial charge in [-0.1, -0.05) is 25.4 Å². The Morgan fingerprint density at radius 2 is 2.30 bits per heavy atom. The summed E-state index contributed by atoms with van der Waals surface area (Å²) >= 11 is 5.95. The predicted molar refractivity (Wildman–Crippen MR) is 77.5 cm³/mol. The molecule has 7 heteroatoms. The summed E-state index contributed by atoms with van der Waals surface area (Å²) < 4.78 is 5.36. The molecule has 0 aromatic carbocycles. The third-order valence-electron chi connectivity index (χ3n) is 4.01. The van der Waals surface area contributed by atoms with E-state index in [1.807, 2.05) is 0 Å². The van der Waals surface area contributed by atoms with E-state index in [2.05, 4.69) is 29.6 Å². The summed E-state index contributed by atoms with van der Waals surface area (Å²) in [6, 6.07) is 1.62. The van der Waals surface area contributed by atoms with E-state index < -0.39 is 0 Å². The summed E-state index contributed by atoms with van der Waals surface area (Å²) in [5.41, 5.74) is 2.68. The Hall–Kier alpha value is -1.37. The van der Waals surface area contributed by atoms with Gasteiger partial charge in [0.05, 0.1) is 16.7 Å². The first-order valence-corrected chi connectivity index (χ1v) is 6.73. The number of carbonyl (C=O) groups is 1. The fourth-order valence-corrected chi connectivity index (χ4v) is 2.66. The van der Waals surface area contributed by atoms with Crippen molar-refractivity contribution in [3.05, 3.63) is 22.8 Å². The third kappa shape index (κ3) is 2.59. The highest BCUT2D eigenvalue weighted by molar-refractivity contribution is 6.33. The zero-order valence-electron chi connectivity index (χ0n) is 11.7. The summed E-state index contributed by atoms with van der Waals surface area (Å²) in [6.07, 6.45) is 2.41. The zero-order valence-corrected chi connectivity index (χ0v) is 12.5. The average molecular weight is 299 g/mol. The molecule has 0 radical (unpaired) electrons. The monoisotopic (exact) mass is 298 g/mol. The van der Waals surface area contributed by atoms with Gasteiger partial charge in [0.25, 0.3) is 5.91 Å².